The highest BCUT2D eigenvalue weighted by molar-refractivity contribution is 7.89. The van der Waals surface area contributed by atoms with Crippen LogP contribution in [0.25, 0.3) is 0 Å². The van der Waals surface area contributed by atoms with Crippen molar-refractivity contribution in [1.29, 1.82) is 0 Å². The van der Waals surface area contributed by atoms with Crippen molar-refractivity contribution in [2.75, 3.05) is 6.54 Å². The minimum atomic E-state index is -3.77. The van der Waals surface area contributed by atoms with Gasteiger partial charge in [-0.05, 0) is 47.8 Å². The average molecular weight is 388 g/mol. The molecule has 1 aromatic carbocycles. The maximum Gasteiger partial charge on any atom is 0.335 e. The number of thiophene rings is 1. The van der Waals surface area contributed by atoms with Gasteiger partial charge in [-0.2, -0.15) is 4.31 Å². The van der Waals surface area contributed by atoms with Crippen LogP contribution < -0.4 is 0 Å². The van der Waals surface area contributed by atoms with Crippen LogP contribution in [0.5, 0.6) is 0 Å². The summed E-state index contributed by atoms with van der Waals surface area (Å²) in [4.78, 5) is 12.1. The zero-order chi connectivity index (χ0) is 18.3. The summed E-state index contributed by atoms with van der Waals surface area (Å²) in [6, 6.07) is 12.7. The van der Waals surface area contributed by atoms with E-state index in [0.717, 1.165) is 10.6 Å². The summed E-state index contributed by atoms with van der Waals surface area (Å²) in [5, 5.41) is 11.0. The molecule has 1 N–H and O–H groups in total. The smallest absolute Gasteiger partial charge is 0.335 e. The molecule has 1 atom stereocenters. The van der Waals surface area contributed by atoms with Gasteiger partial charge < -0.3 is 9.67 Å². The number of aromatic nitrogens is 1. The fourth-order valence-electron chi connectivity index (χ4n) is 3.26. The molecular formula is C18H16N2O4S2. The molecule has 3 aromatic rings. The number of benzene rings is 1. The second kappa shape index (κ2) is 6.39. The molecule has 3 heterocycles. The van der Waals surface area contributed by atoms with Crippen LogP contribution in [-0.2, 0) is 16.6 Å². The Morgan fingerprint density at radius 2 is 1.85 bits per heavy atom. The lowest BCUT2D eigenvalue weighted by atomic mass is 10.1. The molecule has 8 heteroatoms. The zero-order valence-electron chi connectivity index (χ0n) is 13.6. The molecule has 0 saturated heterocycles. The number of hydrogen-bond acceptors (Lipinski definition) is 4. The van der Waals surface area contributed by atoms with Gasteiger partial charge >= 0.3 is 5.97 Å². The van der Waals surface area contributed by atoms with E-state index < -0.39 is 16.0 Å². The molecule has 1 unspecified atom stereocenters. The zero-order valence-corrected chi connectivity index (χ0v) is 15.3. The van der Waals surface area contributed by atoms with Gasteiger partial charge in [0.15, 0.2) is 0 Å². The Morgan fingerprint density at radius 1 is 1.08 bits per heavy atom. The van der Waals surface area contributed by atoms with Crippen LogP contribution in [0.1, 0.15) is 27.0 Å². The molecule has 4 rings (SSSR count). The van der Waals surface area contributed by atoms with Gasteiger partial charge in [0, 0.05) is 29.9 Å². The molecule has 0 bridgehead atoms. The van der Waals surface area contributed by atoms with E-state index in [1.54, 1.807) is 0 Å². The number of aromatic carboxylic acids is 1. The van der Waals surface area contributed by atoms with E-state index in [1.165, 1.54) is 39.9 Å². The molecule has 6 nitrogen and oxygen atoms in total. The lowest BCUT2D eigenvalue weighted by molar-refractivity contribution is 0.0696. The third-order valence-electron chi connectivity index (χ3n) is 4.51. The molecule has 0 spiro atoms. The van der Waals surface area contributed by atoms with Gasteiger partial charge in [-0.15, -0.1) is 11.3 Å². The van der Waals surface area contributed by atoms with E-state index in [-0.39, 0.29) is 16.5 Å². The molecule has 26 heavy (non-hydrogen) atoms. The molecule has 0 aliphatic carbocycles. The molecule has 134 valence electrons. The Morgan fingerprint density at radius 3 is 2.50 bits per heavy atom. The first kappa shape index (κ1) is 17.0. The topological polar surface area (TPSA) is 79.6 Å². The van der Waals surface area contributed by atoms with Gasteiger partial charge in [-0.1, -0.05) is 6.07 Å². The van der Waals surface area contributed by atoms with Crippen molar-refractivity contribution in [3.05, 3.63) is 76.2 Å². The fourth-order valence-corrected chi connectivity index (χ4v) is 5.75. The second-order valence-electron chi connectivity index (χ2n) is 5.99. The van der Waals surface area contributed by atoms with Crippen LogP contribution in [0.3, 0.4) is 0 Å². The van der Waals surface area contributed by atoms with E-state index >= 15 is 0 Å². The summed E-state index contributed by atoms with van der Waals surface area (Å²) in [7, 11) is -3.77. The molecule has 0 saturated carbocycles. The van der Waals surface area contributed by atoms with Crippen molar-refractivity contribution >= 4 is 27.3 Å². The predicted octanol–water partition coefficient (Wildman–Crippen LogP) is 3.04. The van der Waals surface area contributed by atoms with Crippen LogP contribution in [0.4, 0.5) is 0 Å². The Balaban J connectivity index is 1.78. The van der Waals surface area contributed by atoms with Gasteiger partial charge in [0.1, 0.15) is 0 Å². The third-order valence-corrected chi connectivity index (χ3v) is 7.32. The second-order valence-corrected chi connectivity index (χ2v) is 8.86. The van der Waals surface area contributed by atoms with Crippen LogP contribution >= 0.6 is 11.3 Å². The molecule has 0 fully saturated rings. The SMILES string of the molecule is O=C(O)c1ccc(S(=O)(=O)N2CCn3cccc3C2c2cccs2)cc1. The van der Waals surface area contributed by atoms with E-state index in [0.29, 0.717) is 13.1 Å². The predicted molar refractivity (Wildman–Crippen MR) is 97.9 cm³/mol. The van der Waals surface area contributed by atoms with Crippen molar-refractivity contribution in [2.45, 2.75) is 17.5 Å². The average Bonchev–Trinajstić information content (AvgIpc) is 3.32. The monoisotopic (exact) mass is 388 g/mol. The lowest BCUT2D eigenvalue weighted by Crippen LogP contribution is -2.42. The summed E-state index contributed by atoms with van der Waals surface area (Å²) in [6.07, 6.45) is 1.96. The maximum absolute atomic E-state index is 13.3. The van der Waals surface area contributed by atoms with Gasteiger partial charge in [-0.3, -0.25) is 0 Å². The Hall–Kier alpha value is -2.42. The molecule has 2 aromatic heterocycles. The highest BCUT2D eigenvalue weighted by Gasteiger charge is 2.38. The van der Waals surface area contributed by atoms with Crippen molar-refractivity contribution in [2.24, 2.45) is 0 Å². The number of hydrogen-bond donors (Lipinski definition) is 1. The normalized spacial score (nSPS) is 17.8. The summed E-state index contributed by atoms with van der Waals surface area (Å²) < 4.78 is 30.1. The highest BCUT2D eigenvalue weighted by atomic mass is 32.2. The molecular weight excluding hydrogens is 372 g/mol. The van der Waals surface area contributed by atoms with Crippen LogP contribution in [0, 0.1) is 0 Å². The van der Waals surface area contributed by atoms with Gasteiger partial charge in [0.05, 0.1) is 16.5 Å². The number of rotatable bonds is 4. The number of carbonyl (C=O) groups is 1. The van der Waals surface area contributed by atoms with Crippen LogP contribution in [-0.4, -0.2) is 34.9 Å². The standard InChI is InChI=1S/C18H16N2O4S2/c21-18(22)13-5-7-14(8-6-13)26(23,24)20-11-10-19-9-1-3-15(19)17(20)16-4-2-12-25-16/h1-9,12,17H,10-11H2,(H,21,22). The first-order chi connectivity index (χ1) is 12.5. The minimum Gasteiger partial charge on any atom is -0.478 e. The van der Waals surface area contributed by atoms with Gasteiger partial charge in [-0.25, -0.2) is 13.2 Å². The maximum atomic E-state index is 13.3. The Kier molecular flexibility index (Phi) is 4.18. The molecule has 1 aliphatic heterocycles. The van der Waals surface area contributed by atoms with Gasteiger partial charge in [0.2, 0.25) is 10.0 Å². The summed E-state index contributed by atoms with van der Waals surface area (Å²) in [5.74, 6) is -1.08. The van der Waals surface area contributed by atoms with E-state index in [4.69, 9.17) is 5.11 Å². The summed E-state index contributed by atoms with van der Waals surface area (Å²) in [5.41, 5.74) is 0.996. The molecule has 0 radical (unpaired) electrons. The molecule has 1 aliphatic rings. The van der Waals surface area contributed by atoms with E-state index in [9.17, 15) is 13.2 Å². The van der Waals surface area contributed by atoms with Gasteiger partial charge in [0.25, 0.3) is 0 Å². The third kappa shape index (κ3) is 2.76. The summed E-state index contributed by atoms with van der Waals surface area (Å²) >= 11 is 1.52. The van der Waals surface area contributed by atoms with Crippen molar-refractivity contribution in [3.63, 3.8) is 0 Å². The molecule has 0 amide bonds. The largest absolute Gasteiger partial charge is 0.478 e. The van der Waals surface area contributed by atoms with Crippen LogP contribution in [0.2, 0.25) is 0 Å². The Bertz CT molecular complexity index is 1040. The number of carboxylic acid groups (broad SMARTS) is 1. The first-order valence-corrected chi connectivity index (χ1v) is 10.3. The highest BCUT2D eigenvalue weighted by Crippen LogP contribution is 2.38. The minimum absolute atomic E-state index is 0.0614. The Labute approximate surface area is 155 Å². The lowest BCUT2D eigenvalue weighted by Gasteiger charge is -2.35. The van der Waals surface area contributed by atoms with Crippen molar-refractivity contribution in [1.82, 2.24) is 8.87 Å². The first-order valence-electron chi connectivity index (χ1n) is 8.02. The van der Waals surface area contributed by atoms with Crippen molar-refractivity contribution < 1.29 is 18.3 Å². The number of carboxylic acids is 1. The van der Waals surface area contributed by atoms with E-state index in [1.807, 2.05) is 35.8 Å². The number of nitrogens with zero attached hydrogens (tertiary/aromatic N) is 2. The fraction of sp³-hybridized carbons (Fsp3) is 0.167. The quantitative estimate of drug-likeness (QED) is 0.745. The number of fused-ring (bicyclic) bond motifs is 1. The number of sulfonamides is 1. The summed E-state index contributed by atoms with van der Waals surface area (Å²) in [6.45, 7) is 0.934. The van der Waals surface area contributed by atoms with Crippen LogP contribution in [0.15, 0.2) is 65.0 Å². The van der Waals surface area contributed by atoms with E-state index in [2.05, 4.69) is 4.57 Å². The van der Waals surface area contributed by atoms with Crippen molar-refractivity contribution in [3.8, 4) is 0 Å².